The lowest BCUT2D eigenvalue weighted by atomic mass is 10.2. The lowest BCUT2D eigenvalue weighted by Gasteiger charge is -1.97. The van der Waals surface area contributed by atoms with Crippen molar-refractivity contribution >= 4 is 22.5 Å². The quantitative estimate of drug-likeness (QED) is 0.643. The number of fused-ring (bicyclic) bond motifs is 1. The average molecular weight is 198 g/mol. The van der Waals surface area contributed by atoms with E-state index < -0.39 is 0 Å². The van der Waals surface area contributed by atoms with E-state index >= 15 is 0 Å². The highest BCUT2D eigenvalue weighted by molar-refractivity contribution is 6.34. The third kappa shape index (κ3) is 1.51. The lowest BCUT2D eigenvalue weighted by Crippen LogP contribution is -2.05. The van der Waals surface area contributed by atoms with Crippen LogP contribution in [0.2, 0.25) is 5.15 Å². The molecule has 5 heteroatoms. The maximum absolute atomic E-state index is 8.49. The zero-order valence-corrected chi connectivity index (χ0v) is 7.47. The number of hydrogen-bond donors (Lipinski definition) is 3. The number of aromatic nitrogens is 2. The van der Waals surface area contributed by atoms with E-state index in [9.17, 15) is 0 Å². The van der Waals surface area contributed by atoms with E-state index in [1.165, 1.54) is 0 Å². The number of benzene rings is 1. The minimum atomic E-state index is 0.403. The molecule has 0 radical (unpaired) electrons. The van der Waals surface area contributed by atoms with Crippen molar-refractivity contribution in [3.05, 3.63) is 28.9 Å². The van der Waals surface area contributed by atoms with Crippen molar-refractivity contribution in [2.45, 2.75) is 6.54 Å². The summed E-state index contributed by atoms with van der Waals surface area (Å²) in [6.45, 7) is 0.403. The summed E-state index contributed by atoms with van der Waals surface area (Å²) >= 11 is 5.82. The van der Waals surface area contributed by atoms with Gasteiger partial charge in [-0.1, -0.05) is 17.7 Å². The normalized spacial score (nSPS) is 10.9. The van der Waals surface area contributed by atoms with Gasteiger partial charge in [0.1, 0.15) is 5.15 Å². The van der Waals surface area contributed by atoms with Crippen molar-refractivity contribution in [2.75, 3.05) is 0 Å². The van der Waals surface area contributed by atoms with Gasteiger partial charge in [0.2, 0.25) is 0 Å². The summed E-state index contributed by atoms with van der Waals surface area (Å²) in [5.74, 6) is 0. The molecule has 0 bridgehead atoms. The Hall–Kier alpha value is -1.10. The van der Waals surface area contributed by atoms with Crippen LogP contribution in [0.3, 0.4) is 0 Å². The summed E-state index contributed by atoms with van der Waals surface area (Å²) in [5.41, 5.74) is 3.84. The largest absolute Gasteiger partial charge is 0.316 e. The molecule has 13 heavy (non-hydrogen) atoms. The zero-order valence-electron chi connectivity index (χ0n) is 6.71. The molecule has 0 aliphatic heterocycles. The molecule has 0 aliphatic rings. The number of hydroxylamine groups is 1. The summed E-state index contributed by atoms with van der Waals surface area (Å²) in [5, 5.41) is 16.6. The van der Waals surface area contributed by atoms with E-state index in [1.807, 2.05) is 18.2 Å². The summed E-state index contributed by atoms with van der Waals surface area (Å²) in [4.78, 5) is 0. The fraction of sp³-hybridized carbons (Fsp3) is 0.125. The van der Waals surface area contributed by atoms with Gasteiger partial charge in [0.05, 0.1) is 5.52 Å². The molecule has 3 N–H and O–H groups in total. The number of rotatable bonds is 2. The van der Waals surface area contributed by atoms with E-state index in [1.54, 1.807) is 0 Å². The minimum absolute atomic E-state index is 0.403. The molecule has 0 amide bonds. The Balaban J connectivity index is 2.50. The summed E-state index contributed by atoms with van der Waals surface area (Å²) in [7, 11) is 0. The topological polar surface area (TPSA) is 60.9 Å². The second-order valence-corrected chi connectivity index (χ2v) is 3.10. The van der Waals surface area contributed by atoms with Gasteiger partial charge >= 0.3 is 0 Å². The molecule has 2 aromatic rings. The van der Waals surface area contributed by atoms with E-state index in [-0.39, 0.29) is 0 Å². The van der Waals surface area contributed by atoms with Crippen molar-refractivity contribution in [1.29, 1.82) is 0 Å². The Morgan fingerprint density at radius 2 is 2.38 bits per heavy atom. The highest BCUT2D eigenvalue weighted by atomic mass is 35.5. The van der Waals surface area contributed by atoms with Crippen LogP contribution in [0.15, 0.2) is 18.2 Å². The van der Waals surface area contributed by atoms with E-state index in [0.717, 1.165) is 16.5 Å². The van der Waals surface area contributed by atoms with Crippen LogP contribution in [0.4, 0.5) is 0 Å². The molecule has 1 aromatic carbocycles. The van der Waals surface area contributed by atoms with E-state index in [2.05, 4.69) is 15.7 Å². The molecule has 0 spiro atoms. The first-order valence-corrected chi connectivity index (χ1v) is 4.18. The molecular formula is C8H8ClN3O. The number of hydrogen-bond acceptors (Lipinski definition) is 3. The van der Waals surface area contributed by atoms with E-state index in [0.29, 0.717) is 11.7 Å². The Morgan fingerprint density at radius 3 is 3.15 bits per heavy atom. The van der Waals surface area contributed by atoms with Crippen LogP contribution in [-0.2, 0) is 6.54 Å². The molecule has 0 atom stereocenters. The first kappa shape index (κ1) is 8.50. The molecule has 1 aromatic heterocycles. The second kappa shape index (κ2) is 3.33. The van der Waals surface area contributed by atoms with E-state index in [4.69, 9.17) is 16.8 Å². The van der Waals surface area contributed by atoms with Gasteiger partial charge in [-0.2, -0.15) is 5.10 Å². The maximum atomic E-state index is 8.49. The van der Waals surface area contributed by atoms with Crippen molar-refractivity contribution < 1.29 is 5.21 Å². The van der Waals surface area contributed by atoms with Crippen molar-refractivity contribution in [3.8, 4) is 0 Å². The van der Waals surface area contributed by atoms with Gasteiger partial charge in [-0.05, 0) is 17.7 Å². The van der Waals surface area contributed by atoms with Gasteiger partial charge in [-0.15, -0.1) is 0 Å². The average Bonchev–Trinajstić information content (AvgIpc) is 2.48. The third-order valence-electron chi connectivity index (χ3n) is 1.86. The molecular weight excluding hydrogens is 190 g/mol. The molecule has 2 rings (SSSR count). The van der Waals surface area contributed by atoms with Crippen molar-refractivity contribution in [1.82, 2.24) is 15.7 Å². The van der Waals surface area contributed by atoms with Gasteiger partial charge in [-0.25, -0.2) is 5.48 Å². The fourth-order valence-electron chi connectivity index (χ4n) is 1.23. The molecule has 0 fully saturated rings. The summed E-state index contributed by atoms with van der Waals surface area (Å²) in [6.07, 6.45) is 0. The Kier molecular flexibility index (Phi) is 2.18. The number of halogens is 1. The van der Waals surface area contributed by atoms with Gasteiger partial charge in [-0.3, -0.25) is 5.10 Å². The first-order chi connectivity index (χ1) is 6.31. The monoisotopic (exact) mass is 197 g/mol. The number of nitrogens with one attached hydrogen (secondary N) is 2. The third-order valence-corrected chi connectivity index (χ3v) is 2.14. The fourth-order valence-corrected chi connectivity index (χ4v) is 1.43. The SMILES string of the molecule is ONCc1ccc2c(Cl)[nH]nc2c1. The minimum Gasteiger partial charge on any atom is -0.316 e. The molecule has 68 valence electrons. The molecule has 0 aliphatic carbocycles. The summed E-state index contributed by atoms with van der Waals surface area (Å²) in [6, 6.07) is 5.61. The van der Waals surface area contributed by atoms with Gasteiger partial charge in [0.25, 0.3) is 0 Å². The Morgan fingerprint density at radius 1 is 1.54 bits per heavy atom. The summed E-state index contributed by atoms with van der Waals surface area (Å²) < 4.78 is 0. The lowest BCUT2D eigenvalue weighted by molar-refractivity contribution is 0.161. The van der Waals surface area contributed by atoms with Gasteiger partial charge in [0, 0.05) is 11.9 Å². The van der Waals surface area contributed by atoms with Crippen molar-refractivity contribution in [2.24, 2.45) is 0 Å². The highest BCUT2D eigenvalue weighted by Gasteiger charge is 2.02. The highest BCUT2D eigenvalue weighted by Crippen LogP contribution is 2.20. The van der Waals surface area contributed by atoms with Crippen LogP contribution in [-0.4, -0.2) is 15.4 Å². The smallest absolute Gasteiger partial charge is 0.132 e. The molecule has 1 heterocycles. The molecule has 0 saturated heterocycles. The Labute approximate surface area is 79.5 Å². The van der Waals surface area contributed by atoms with Gasteiger partial charge in [0.15, 0.2) is 0 Å². The van der Waals surface area contributed by atoms with Gasteiger partial charge < -0.3 is 5.21 Å². The van der Waals surface area contributed by atoms with Crippen LogP contribution in [0.1, 0.15) is 5.56 Å². The standard InChI is InChI=1S/C8H8ClN3O/c9-8-6-2-1-5(4-10-13)3-7(6)11-12-8/h1-3,10,13H,4H2,(H,11,12). The predicted octanol–water partition coefficient (Wildman–Crippen LogP) is 1.70. The van der Waals surface area contributed by atoms with Crippen LogP contribution in [0, 0.1) is 0 Å². The maximum Gasteiger partial charge on any atom is 0.132 e. The van der Waals surface area contributed by atoms with Crippen molar-refractivity contribution in [3.63, 3.8) is 0 Å². The molecule has 4 nitrogen and oxygen atoms in total. The number of aromatic amines is 1. The van der Waals surface area contributed by atoms with Crippen LogP contribution >= 0.6 is 11.6 Å². The molecule has 0 unspecified atom stereocenters. The van der Waals surface area contributed by atoms with Crippen LogP contribution in [0.5, 0.6) is 0 Å². The second-order valence-electron chi connectivity index (χ2n) is 2.72. The number of H-pyrrole nitrogens is 1. The zero-order chi connectivity index (χ0) is 9.26. The van der Waals surface area contributed by atoms with Crippen LogP contribution in [0.25, 0.3) is 10.9 Å². The Bertz CT molecular complexity index is 426. The predicted molar refractivity (Wildman–Crippen MR) is 49.7 cm³/mol. The van der Waals surface area contributed by atoms with Crippen LogP contribution < -0.4 is 5.48 Å². The first-order valence-electron chi connectivity index (χ1n) is 3.80. The number of nitrogens with zero attached hydrogens (tertiary/aromatic N) is 1. The molecule has 0 saturated carbocycles.